The van der Waals surface area contributed by atoms with E-state index in [2.05, 4.69) is 44.1 Å². The van der Waals surface area contributed by atoms with Crippen LogP contribution in [0.2, 0.25) is 0 Å². The van der Waals surface area contributed by atoms with Crippen LogP contribution in [0, 0.1) is 18.3 Å². The van der Waals surface area contributed by atoms with Gasteiger partial charge in [-0.15, -0.1) is 12.3 Å². The van der Waals surface area contributed by atoms with Crippen molar-refractivity contribution in [1.82, 2.24) is 10.2 Å². The molecule has 0 heterocycles. The molecule has 0 radical (unpaired) electrons. The highest BCUT2D eigenvalue weighted by molar-refractivity contribution is 4.85. The Hall–Kier alpha value is -0.520. The summed E-state index contributed by atoms with van der Waals surface area (Å²) in [4.78, 5) is 2.22. The molecule has 0 aromatic rings. The minimum atomic E-state index is 0.568. The van der Waals surface area contributed by atoms with Crippen molar-refractivity contribution in [2.75, 3.05) is 27.2 Å². The Morgan fingerprint density at radius 2 is 2.00 bits per heavy atom. The van der Waals surface area contributed by atoms with E-state index in [0.717, 1.165) is 25.4 Å². The Labute approximate surface area is 89.1 Å². The van der Waals surface area contributed by atoms with Crippen LogP contribution in [0.15, 0.2) is 0 Å². The van der Waals surface area contributed by atoms with Gasteiger partial charge >= 0.3 is 0 Å². The fourth-order valence-electron chi connectivity index (χ4n) is 1.58. The Morgan fingerprint density at radius 1 is 1.36 bits per heavy atom. The first-order valence-electron chi connectivity index (χ1n) is 5.37. The molecule has 0 rings (SSSR count). The molecule has 0 saturated heterocycles. The summed E-state index contributed by atoms with van der Waals surface area (Å²) >= 11 is 0. The second-order valence-electron chi connectivity index (χ2n) is 4.50. The fourth-order valence-corrected chi connectivity index (χ4v) is 1.58. The smallest absolute Gasteiger partial charge is 0.0212 e. The molecule has 2 heteroatoms. The number of likely N-dealkylation sites (N-methyl/N-ethyl adjacent to an activating group) is 1. The van der Waals surface area contributed by atoms with E-state index in [1.54, 1.807) is 0 Å². The second kappa shape index (κ2) is 7.84. The molecule has 0 aliphatic heterocycles. The summed E-state index contributed by atoms with van der Waals surface area (Å²) in [6.45, 7) is 6.53. The number of rotatable bonds is 7. The molecule has 1 N–H and O–H groups in total. The third-order valence-corrected chi connectivity index (χ3v) is 2.04. The highest BCUT2D eigenvalue weighted by Gasteiger charge is 2.10. The summed E-state index contributed by atoms with van der Waals surface area (Å²) in [7, 11) is 4.21. The molecule has 82 valence electrons. The van der Waals surface area contributed by atoms with Crippen LogP contribution in [-0.2, 0) is 0 Å². The molecule has 0 aromatic heterocycles. The standard InChI is InChI=1S/C12H24N2/c1-6-7-8-13-12(9-11(2)3)10-14(4)5/h1,11-13H,7-10H2,2-5H3. The van der Waals surface area contributed by atoms with Gasteiger partial charge in [0.15, 0.2) is 0 Å². The number of hydrogen-bond acceptors (Lipinski definition) is 2. The molecule has 0 aromatic carbocycles. The van der Waals surface area contributed by atoms with Crippen molar-refractivity contribution in [3.05, 3.63) is 0 Å². The van der Waals surface area contributed by atoms with Crippen molar-refractivity contribution < 1.29 is 0 Å². The maximum atomic E-state index is 5.22. The van der Waals surface area contributed by atoms with Crippen LogP contribution in [0.3, 0.4) is 0 Å². The van der Waals surface area contributed by atoms with Crippen LogP contribution in [0.1, 0.15) is 26.7 Å². The van der Waals surface area contributed by atoms with Crippen LogP contribution in [0.4, 0.5) is 0 Å². The van der Waals surface area contributed by atoms with Gasteiger partial charge in [-0.3, -0.25) is 0 Å². The fraction of sp³-hybridized carbons (Fsp3) is 0.833. The van der Waals surface area contributed by atoms with Gasteiger partial charge in [0.05, 0.1) is 0 Å². The third-order valence-electron chi connectivity index (χ3n) is 2.04. The number of hydrogen-bond donors (Lipinski definition) is 1. The summed E-state index contributed by atoms with van der Waals surface area (Å²) in [6, 6.07) is 0.568. The van der Waals surface area contributed by atoms with E-state index in [0.29, 0.717) is 6.04 Å². The molecule has 0 fully saturated rings. The molecule has 0 amide bonds. The van der Waals surface area contributed by atoms with Gasteiger partial charge < -0.3 is 10.2 Å². The van der Waals surface area contributed by atoms with E-state index in [4.69, 9.17) is 6.42 Å². The molecule has 0 saturated carbocycles. The van der Waals surface area contributed by atoms with Gasteiger partial charge in [0.2, 0.25) is 0 Å². The summed E-state index contributed by atoms with van der Waals surface area (Å²) < 4.78 is 0. The van der Waals surface area contributed by atoms with Crippen molar-refractivity contribution in [3.63, 3.8) is 0 Å². The van der Waals surface area contributed by atoms with Crippen LogP contribution in [0.25, 0.3) is 0 Å². The topological polar surface area (TPSA) is 15.3 Å². The molecule has 1 atom stereocenters. The zero-order valence-electron chi connectivity index (χ0n) is 10.0. The summed E-state index contributed by atoms with van der Waals surface area (Å²) in [6.07, 6.45) is 7.25. The Balaban J connectivity index is 3.79. The van der Waals surface area contributed by atoms with E-state index >= 15 is 0 Å². The van der Waals surface area contributed by atoms with Crippen LogP contribution in [0.5, 0.6) is 0 Å². The van der Waals surface area contributed by atoms with E-state index in [1.165, 1.54) is 6.42 Å². The highest BCUT2D eigenvalue weighted by Crippen LogP contribution is 2.05. The van der Waals surface area contributed by atoms with E-state index in [1.807, 2.05) is 0 Å². The lowest BCUT2D eigenvalue weighted by atomic mass is 10.0. The maximum Gasteiger partial charge on any atom is 0.0212 e. The second-order valence-corrected chi connectivity index (χ2v) is 4.50. The van der Waals surface area contributed by atoms with Crippen LogP contribution >= 0.6 is 0 Å². The molecular formula is C12H24N2. The minimum Gasteiger partial charge on any atom is -0.312 e. The third kappa shape index (κ3) is 8.10. The zero-order chi connectivity index (χ0) is 11.0. The molecule has 0 spiro atoms. The Morgan fingerprint density at radius 3 is 2.43 bits per heavy atom. The van der Waals surface area contributed by atoms with E-state index in [9.17, 15) is 0 Å². The van der Waals surface area contributed by atoms with Gasteiger partial charge in [0, 0.05) is 25.6 Å². The van der Waals surface area contributed by atoms with Gasteiger partial charge in [-0.25, -0.2) is 0 Å². The van der Waals surface area contributed by atoms with Crippen molar-refractivity contribution in [3.8, 4) is 12.3 Å². The summed E-state index contributed by atoms with van der Waals surface area (Å²) in [5.74, 6) is 3.39. The van der Waals surface area contributed by atoms with Crippen molar-refractivity contribution in [2.24, 2.45) is 5.92 Å². The van der Waals surface area contributed by atoms with Crippen LogP contribution in [-0.4, -0.2) is 38.1 Å². The quantitative estimate of drug-likeness (QED) is 0.491. The highest BCUT2D eigenvalue weighted by atomic mass is 15.1. The van der Waals surface area contributed by atoms with Gasteiger partial charge in [0.1, 0.15) is 0 Å². The number of nitrogens with one attached hydrogen (secondary N) is 1. The molecule has 1 unspecified atom stereocenters. The molecular weight excluding hydrogens is 172 g/mol. The normalized spacial score (nSPS) is 13.2. The first-order valence-corrected chi connectivity index (χ1v) is 5.37. The predicted octanol–water partition coefficient (Wildman–Crippen LogP) is 1.58. The minimum absolute atomic E-state index is 0.568. The Kier molecular flexibility index (Phi) is 7.55. The van der Waals surface area contributed by atoms with Gasteiger partial charge in [-0.1, -0.05) is 13.8 Å². The van der Waals surface area contributed by atoms with E-state index in [-0.39, 0.29) is 0 Å². The zero-order valence-corrected chi connectivity index (χ0v) is 10.0. The molecule has 0 bridgehead atoms. The van der Waals surface area contributed by atoms with Crippen LogP contribution < -0.4 is 5.32 Å². The van der Waals surface area contributed by atoms with Gasteiger partial charge in [-0.05, 0) is 26.4 Å². The first-order chi connectivity index (χ1) is 6.56. The molecule has 2 nitrogen and oxygen atoms in total. The monoisotopic (exact) mass is 196 g/mol. The lowest BCUT2D eigenvalue weighted by Crippen LogP contribution is -2.39. The Bertz CT molecular complexity index is 158. The predicted molar refractivity (Wildman–Crippen MR) is 63.2 cm³/mol. The first kappa shape index (κ1) is 13.5. The van der Waals surface area contributed by atoms with Crippen molar-refractivity contribution in [2.45, 2.75) is 32.7 Å². The van der Waals surface area contributed by atoms with Crippen molar-refractivity contribution in [1.29, 1.82) is 0 Å². The average molecular weight is 196 g/mol. The number of terminal acetylenes is 1. The lowest BCUT2D eigenvalue weighted by Gasteiger charge is -2.23. The molecule has 0 aliphatic rings. The van der Waals surface area contributed by atoms with Gasteiger partial charge in [-0.2, -0.15) is 0 Å². The molecule has 0 aliphatic carbocycles. The molecule has 14 heavy (non-hydrogen) atoms. The summed E-state index contributed by atoms with van der Waals surface area (Å²) in [5.41, 5.74) is 0. The van der Waals surface area contributed by atoms with Crippen molar-refractivity contribution >= 4 is 0 Å². The lowest BCUT2D eigenvalue weighted by molar-refractivity contribution is 0.308. The van der Waals surface area contributed by atoms with E-state index < -0.39 is 0 Å². The maximum absolute atomic E-state index is 5.22. The number of nitrogens with zero attached hydrogens (tertiary/aromatic N) is 1. The van der Waals surface area contributed by atoms with Gasteiger partial charge in [0.25, 0.3) is 0 Å². The SMILES string of the molecule is C#CCCNC(CC(C)C)CN(C)C. The average Bonchev–Trinajstić information content (AvgIpc) is 2.02. The largest absolute Gasteiger partial charge is 0.312 e. The summed E-state index contributed by atoms with van der Waals surface area (Å²) in [5, 5.41) is 3.50.